The highest BCUT2D eigenvalue weighted by Gasteiger charge is 2.25. The Bertz CT molecular complexity index is 516. The summed E-state index contributed by atoms with van der Waals surface area (Å²) >= 11 is 0. The van der Waals surface area contributed by atoms with Crippen molar-refractivity contribution in [2.24, 2.45) is 5.92 Å². The van der Waals surface area contributed by atoms with E-state index >= 15 is 0 Å². The first kappa shape index (κ1) is 20.3. The molecule has 23 heavy (non-hydrogen) atoms. The first-order valence-electron chi connectivity index (χ1n) is 8.62. The second-order valence-corrected chi connectivity index (χ2v) is 9.18. The van der Waals surface area contributed by atoms with E-state index in [0.717, 1.165) is 16.3 Å². The summed E-state index contributed by atoms with van der Waals surface area (Å²) in [6, 6.07) is 8.36. The van der Waals surface area contributed by atoms with Gasteiger partial charge in [-0.1, -0.05) is 39.3 Å². The quantitative estimate of drug-likeness (QED) is 0.550. The zero-order valence-corrected chi connectivity index (χ0v) is 16.4. The number of rotatable bonds is 9. The fourth-order valence-corrected chi connectivity index (χ4v) is 4.59. The highest BCUT2D eigenvalue weighted by Crippen LogP contribution is 2.34. The number of benzene rings is 1. The minimum Gasteiger partial charge on any atom is -0.385 e. The molecule has 3 unspecified atom stereocenters. The molecule has 130 valence electrons. The average molecular weight is 338 g/mol. The Kier molecular flexibility index (Phi) is 7.86. The molecule has 0 aliphatic heterocycles. The monoisotopic (exact) mass is 338 g/mol. The van der Waals surface area contributed by atoms with Crippen LogP contribution in [0.2, 0.25) is 0 Å². The Labute approximate surface area is 143 Å². The van der Waals surface area contributed by atoms with E-state index in [2.05, 4.69) is 40.1 Å². The van der Waals surface area contributed by atoms with Crippen LogP contribution in [-0.4, -0.2) is 44.0 Å². The molecule has 0 fully saturated rings. The molecule has 0 bridgehead atoms. The summed E-state index contributed by atoms with van der Waals surface area (Å²) in [6.45, 7) is 9.42. The molecule has 1 aromatic rings. The molecular weight excluding hydrogens is 305 g/mol. The number of carbonyl (C=O) groups excluding carboxylic acids is 1. The van der Waals surface area contributed by atoms with Gasteiger partial charge in [-0.05, 0) is 38.8 Å². The minimum atomic E-state index is -0.971. The van der Waals surface area contributed by atoms with Crippen LogP contribution in [0.15, 0.2) is 24.3 Å². The third-order valence-electron chi connectivity index (χ3n) is 4.47. The Morgan fingerprint density at radius 1 is 1.30 bits per heavy atom. The Hall–Kier alpha value is -0.760. The SMILES string of the molecule is CCCC(C)C[N+](C)(C)c1cccc(P(C)C(=O)C(O)CC)c1. The molecule has 3 nitrogen and oxygen atoms in total. The van der Waals surface area contributed by atoms with Gasteiger partial charge in [0, 0.05) is 12.0 Å². The van der Waals surface area contributed by atoms with Gasteiger partial charge in [0.05, 0.1) is 20.6 Å². The highest BCUT2D eigenvalue weighted by molar-refractivity contribution is 7.81. The van der Waals surface area contributed by atoms with Crippen LogP contribution in [-0.2, 0) is 4.79 Å². The predicted molar refractivity (Wildman–Crippen MR) is 103 cm³/mol. The van der Waals surface area contributed by atoms with Gasteiger partial charge in [0.15, 0.2) is 5.52 Å². The van der Waals surface area contributed by atoms with Gasteiger partial charge in [0.25, 0.3) is 0 Å². The maximum Gasteiger partial charge on any atom is 0.186 e. The zero-order chi connectivity index (χ0) is 17.6. The standard InChI is InChI=1S/C19H33NO2P/c1-7-10-15(3)14-20(4,5)16-11-9-12-17(13-16)23(6)19(22)18(21)8-2/h9,11-13,15,18,21H,7-8,10,14H2,1-6H3/q+1. The van der Waals surface area contributed by atoms with Crippen LogP contribution < -0.4 is 9.79 Å². The molecule has 0 aromatic heterocycles. The predicted octanol–water partition coefficient (Wildman–Crippen LogP) is 3.72. The molecule has 0 aliphatic carbocycles. The fraction of sp³-hybridized carbons (Fsp3) is 0.632. The van der Waals surface area contributed by atoms with E-state index in [4.69, 9.17) is 0 Å². The van der Waals surface area contributed by atoms with Gasteiger partial charge >= 0.3 is 0 Å². The Balaban J connectivity index is 2.97. The third-order valence-corrected chi connectivity index (χ3v) is 6.48. The van der Waals surface area contributed by atoms with E-state index < -0.39 is 14.0 Å². The first-order chi connectivity index (χ1) is 10.7. The minimum absolute atomic E-state index is 0.0238. The van der Waals surface area contributed by atoms with Gasteiger partial charge in [-0.25, -0.2) is 0 Å². The van der Waals surface area contributed by atoms with E-state index in [1.807, 2.05) is 25.7 Å². The van der Waals surface area contributed by atoms with Crippen molar-refractivity contribution in [1.82, 2.24) is 4.48 Å². The molecule has 0 aliphatic rings. The van der Waals surface area contributed by atoms with Crippen molar-refractivity contribution in [3.8, 4) is 0 Å². The molecule has 1 rings (SSSR count). The van der Waals surface area contributed by atoms with Gasteiger partial charge < -0.3 is 5.11 Å². The lowest BCUT2D eigenvalue weighted by molar-refractivity contribution is -0.118. The van der Waals surface area contributed by atoms with Crippen molar-refractivity contribution in [2.75, 3.05) is 27.3 Å². The van der Waals surface area contributed by atoms with Crippen molar-refractivity contribution in [2.45, 2.75) is 46.1 Å². The van der Waals surface area contributed by atoms with Crippen molar-refractivity contribution in [3.05, 3.63) is 24.3 Å². The van der Waals surface area contributed by atoms with E-state index in [1.165, 1.54) is 18.5 Å². The highest BCUT2D eigenvalue weighted by atomic mass is 31.1. The summed E-state index contributed by atoms with van der Waals surface area (Å²) in [5.41, 5.74) is 1.21. The molecule has 4 heteroatoms. The van der Waals surface area contributed by atoms with Gasteiger partial charge in [-0.15, -0.1) is 0 Å². The van der Waals surface area contributed by atoms with Crippen LogP contribution in [0.3, 0.4) is 0 Å². The van der Waals surface area contributed by atoms with Gasteiger partial charge in [-0.2, -0.15) is 0 Å². The number of hydrogen-bond acceptors (Lipinski definition) is 2. The van der Waals surface area contributed by atoms with E-state index in [1.54, 1.807) is 0 Å². The van der Waals surface area contributed by atoms with Crippen LogP contribution in [0.25, 0.3) is 0 Å². The van der Waals surface area contributed by atoms with Gasteiger partial charge in [0.2, 0.25) is 0 Å². The van der Waals surface area contributed by atoms with Crippen LogP contribution in [0.1, 0.15) is 40.0 Å². The number of carbonyl (C=O) groups is 1. The van der Waals surface area contributed by atoms with E-state index in [9.17, 15) is 9.90 Å². The number of hydrogen-bond donors (Lipinski definition) is 1. The van der Waals surface area contributed by atoms with E-state index in [-0.39, 0.29) is 5.52 Å². The third kappa shape index (κ3) is 5.67. The molecule has 0 saturated carbocycles. The lowest BCUT2D eigenvalue weighted by atomic mass is 10.0. The molecule has 1 N–H and O–H groups in total. The van der Waals surface area contributed by atoms with Crippen LogP contribution in [0, 0.1) is 5.92 Å². The summed E-state index contributed by atoms with van der Waals surface area (Å²) in [5, 5.41) is 10.9. The number of nitrogens with zero attached hydrogens (tertiary/aromatic N) is 1. The first-order valence-corrected chi connectivity index (χ1v) is 10.4. The molecule has 1 aromatic carbocycles. The summed E-state index contributed by atoms with van der Waals surface area (Å²) in [4.78, 5) is 12.3. The number of quaternary nitrogens is 1. The summed E-state index contributed by atoms with van der Waals surface area (Å²) < 4.78 is 0.822. The van der Waals surface area contributed by atoms with Crippen molar-refractivity contribution in [3.63, 3.8) is 0 Å². The fourth-order valence-electron chi connectivity index (χ4n) is 3.07. The van der Waals surface area contributed by atoms with Gasteiger partial charge in [0.1, 0.15) is 11.8 Å². The van der Waals surface area contributed by atoms with Crippen LogP contribution >= 0.6 is 7.92 Å². The van der Waals surface area contributed by atoms with Crippen molar-refractivity contribution in [1.29, 1.82) is 0 Å². The molecule has 0 spiro atoms. The largest absolute Gasteiger partial charge is 0.385 e. The summed E-state index contributed by atoms with van der Waals surface area (Å²) in [5.74, 6) is 0.672. The van der Waals surface area contributed by atoms with Crippen molar-refractivity contribution >= 4 is 24.4 Å². The maximum absolute atomic E-state index is 12.3. The Morgan fingerprint density at radius 3 is 2.52 bits per heavy atom. The lowest BCUT2D eigenvalue weighted by Gasteiger charge is -2.32. The van der Waals surface area contributed by atoms with Gasteiger partial charge in [-0.3, -0.25) is 9.28 Å². The smallest absolute Gasteiger partial charge is 0.186 e. The van der Waals surface area contributed by atoms with E-state index in [0.29, 0.717) is 12.3 Å². The second kappa shape index (κ2) is 8.92. The topological polar surface area (TPSA) is 37.3 Å². The van der Waals surface area contributed by atoms with Crippen molar-refractivity contribution < 1.29 is 9.90 Å². The molecule has 0 saturated heterocycles. The molecule has 3 atom stereocenters. The van der Waals surface area contributed by atoms with Crippen LogP contribution in [0.4, 0.5) is 5.69 Å². The van der Waals surface area contributed by atoms with Crippen LogP contribution in [0.5, 0.6) is 0 Å². The molecule has 0 amide bonds. The number of aliphatic hydroxyl groups excluding tert-OH is 1. The normalized spacial score (nSPS) is 16.0. The second-order valence-electron chi connectivity index (χ2n) is 7.10. The molecule has 0 heterocycles. The molecular formula is C19H33NO2P+. The number of aliphatic hydroxyl groups is 1. The summed E-state index contributed by atoms with van der Waals surface area (Å²) in [7, 11) is 3.48. The lowest BCUT2D eigenvalue weighted by Crippen LogP contribution is -2.44. The molecule has 0 radical (unpaired) electrons. The summed E-state index contributed by atoms with van der Waals surface area (Å²) in [6.07, 6.45) is 2.11. The zero-order valence-electron chi connectivity index (χ0n) is 15.5. The Morgan fingerprint density at radius 2 is 1.96 bits per heavy atom. The maximum atomic E-state index is 12.3. The average Bonchev–Trinajstić information content (AvgIpc) is 2.52.